The molecule has 0 bridgehead atoms. The van der Waals surface area contributed by atoms with Gasteiger partial charge in [-0.05, 0) is 18.2 Å². The van der Waals surface area contributed by atoms with Crippen LogP contribution in [0.3, 0.4) is 0 Å². The fraction of sp³-hybridized carbons (Fsp3) is 0. The van der Waals surface area contributed by atoms with E-state index >= 15 is 0 Å². The van der Waals surface area contributed by atoms with Gasteiger partial charge in [-0.1, -0.05) is 0 Å². The van der Waals surface area contributed by atoms with Crippen LogP contribution in [-0.2, 0) is 0 Å². The Morgan fingerprint density at radius 1 is 1.11 bits per heavy atom. The molecule has 92 valence electrons. The van der Waals surface area contributed by atoms with Crippen LogP contribution in [0.1, 0.15) is 10.4 Å². The van der Waals surface area contributed by atoms with Crippen LogP contribution in [0.2, 0.25) is 0 Å². The summed E-state index contributed by atoms with van der Waals surface area (Å²) in [5.74, 6) is 0.417. The molecule has 0 aliphatic carbocycles. The van der Waals surface area contributed by atoms with Gasteiger partial charge in [0.15, 0.2) is 6.29 Å². The van der Waals surface area contributed by atoms with Crippen molar-refractivity contribution < 1.29 is 4.79 Å². The second-order valence-corrected chi connectivity index (χ2v) is 3.79. The van der Waals surface area contributed by atoms with Crippen LogP contribution >= 0.6 is 0 Å². The van der Waals surface area contributed by atoms with Gasteiger partial charge in [0.05, 0.1) is 5.56 Å². The Morgan fingerprint density at radius 2 is 1.95 bits per heavy atom. The van der Waals surface area contributed by atoms with Gasteiger partial charge in [-0.25, -0.2) is 14.6 Å². The first kappa shape index (κ1) is 11.2. The number of hydrogen-bond donors (Lipinski definition) is 0. The summed E-state index contributed by atoms with van der Waals surface area (Å²) in [5.41, 5.74) is 1.82. The molecule has 0 amide bonds. The zero-order valence-electron chi connectivity index (χ0n) is 9.84. The molecule has 19 heavy (non-hydrogen) atoms. The highest BCUT2D eigenvalue weighted by Gasteiger charge is 2.12. The fourth-order valence-electron chi connectivity index (χ4n) is 1.71. The average molecular weight is 251 g/mol. The van der Waals surface area contributed by atoms with Gasteiger partial charge in [0, 0.05) is 36.5 Å². The third kappa shape index (κ3) is 2.11. The van der Waals surface area contributed by atoms with E-state index in [1.165, 1.54) is 4.68 Å². The molecule has 3 rings (SSSR count). The second-order valence-electron chi connectivity index (χ2n) is 3.79. The van der Waals surface area contributed by atoms with E-state index in [9.17, 15) is 4.79 Å². The summed E-state index contributed by atoms with van der Waals surface area (Å²) in [6.45, 7) is 0. The number of rotatable bonds is 3. The van der Waals surface area contributed by atoms with E-state index in [0.29, 0.717) is 17.2 Å². The molecule has 0 saturated heterocycles. The molecule has 0 spiro atoms. The molecule has 6 heteroatoms. The molecule has 3 aromatic heterocycles. The van der Waals surface area contributed by atoms with Crippen molar-refractivity contribution in [2.24, 2.45) is 0 Å². The van der Waals surface area contributed by atoms with Crippen LogP contribution in [0.5, 0.6) is 0 Å². The van der Waals surface area contributed by atoms with Crippen LogP contribution in [0.4, 0.5) is 0 Å². The van der Waals surface area contributed by atoms with Gasteiger partial charge in [0.2, 0.25) is 5.95 Å². The lowest BCUT2D eigenvalue weighted by Gasteiger charge is -1.97. The van der Waals surface area contributed by atoms with E-state index in [4.69, 9.17) is 0 Å². The monoisotopic (exact) mass is 251 g/mol. The molecule has 0 aliphatic rings. The van der Waals surface area contributed by atoms with Gasteiger partial charge < -0.3 is 0 Å². The molecule has 0 aromatic carbocycles. The van der Waals surface area contributed by atoms with E-state index in [-0.39, 0.29) is 0 Å². The van der Waals surface area contributed by atoms with Gasteiger partial charge >= 0.3 is 0 Å². The fourth-order valence-corrected chi connectivity index (χ4v) is 1.71. The molecule has 3 heterocycles. The van der Waals surface area contributed by atoms with Crippen LogP contribution in [0, 0.1) is 0 Å². The summed E-state index contributed by atoms with van der Waals surface area (Å²) in [7, 11) is 0. The number of nitrogens with zero attached hydrogens (tertiary/aromatic N) is 5. The predicted molar refractivity (Wildman–Crippen MR) is 67.8 cm³/mol. The van der Waals surface area contributed by atoms with E-state index in [0.717, 1.165) is 11.8 Å². The van der Waals surface area contributed by atoms with Crippen molar-refractivity contribution in [3.63, 3.8) is 0 Å². The van der Waals surface area contributed by atoms with Crippen molar-refractivity contribution in [1.82, 2.24) is 24.7 Å². The molecule has 0 N–H and O–H groups in total. The third-order valence-corrected chi connectivity index (χ3v) is 2.56. The Hall–Kier alpha value is -2.89. The maximum atomic E-state index is 11.1. The molecule has 0 saturated carbocycles. The molecular formula is C13H9N5O. The van der Waals surface area contributed by atoms with Crippen LogP contribution < -0.4 is 0 Å². The van der Waals surface area contributed by atoms with E-state index < -0.39 is 0 Å². The maximum Gasteiger partial charge on any atom is 0.250 e. The minimum Gasteiger partial charge on any atom is -0.298 e. The molecule has 0 aliphatic heterocycles. The van der Waals surface area contributed by atoms with Gasteiger partial charge in [0.1, 0.15) is 5.69 Å². The molecule has 3 aromatic rings. The van der Waals surface area contributed by atoms with E-state index in [2.05, 4.69) is 20.1 Å². The van der Waals surface area contributed by atoms with Crippen LogP contribution in [0.15, 0.2) is 49.2 Å². The molecule has 0 radical (unpaired) electrons. The SMILES string of the molecule is O=Cc1cn(-c2ncccn2)nc1-c1cccnc1. The number of aromatic nitrogens is 5. The van der Waals surface area contributed by atoms with Crippen molar-refractivity contribution in [2.75, 3.05) is 0 Å². The number of aldehydes is 1. The largest absolute Gasteiger partial charge is 0.298 e. The number of carbonyl (C=O) groups is 1. The first-order valence-electron chi connectivity index (χ1n) is 5.61. The van der Waals surface area contributed by atoms with Gasteiger partial charge in [-0.2, -0.15) is 5.10 Å². The highest BCUT2D eigenvalue weighted by Crippen LogP contribution is 2.20. The Morgan fingerprint density at radius 3 is 2.63 bits per heavy atom. The van der Waals surface area contributed by atoms with E-state index in [1.54, 1.807) is 43.1 Å². The van der Waals surface area contributed by atoms with Crippen molar-refractivity contribution in [2.45, 2.75) is 0 Å². The summed E-state index contributed by atoms with van der Waals surface area (Å²) < 4.78 is 1.48. The highest BCUT2D eigenvalue weighted by atomic mass is 16.1. The zero-order valence-corrected chi connectivity index (χ0v) is 9.84. The topological polar surface area (TPSA) is 73.6 Å². The molecule has 0 fully saturated rings. The van der Waals surface area contributed by atoms with Crippen LogP contribution in [-0.4, -0.2) is 31.0 Å². The lowest BCUT2D eigenvalue weighted by molar-refractivity contribution is 0.112. The van der Waals surface area contributed by atoms with Crippen molar-refractivity contribution in [1.29, 1.82) is 0 Å². The smallest absolute Gasteiger partial charge is 0.250 e. The van der Waals surface area contributed by atoms with Gasteiger partial charge in [-0.3, -0.25) is 9.78 Å². The lowest BCUT2D eigenvalue weighted by Crippen LogP contribution is -2.00. The quantitative estimate of drug-likeness (QED) is 0.660. The highest BCUT2D eigenvalue weighted by molar-refractivity contribution is 5.85. The summed E-state index contributed by atoms with van der Waals surface area (Å²) in [6.07, 6.45) is 8.93. The maximum absolute atomic E-state index is 11.1. The Bertz CT molecular complexity index is 694. The zero-order chi connectivity index (χ0) is 13.1. The van der Waals surface area contributed by atoms with Gasteiger partial charge in [0.25, 0.3) is 0 Å². The number of carbonyl (C=O) groups excluding carboxylic acids is 1. The molecule has 6 nitrogen and oxygen atoms in total. The van der Waals surface area contributed by atoms with E-state index in [1.807, 2.05) is 6.07 Å². The Balaban J connectivity index is 2.12. The summed E-state index contributed by atoms with van der Waals surface area (Å²) in [4.78, 5) is 23.3. The third-order valence-electron chi connectivity index (χ3n) is 2.56. The predicted octanol–water partition coefficient (Wildman–Crippen LogP) is 1.54. The minimum atomic E-state index is 0.417. The molecule has 0 unspecified atom stereocenters. The number of hydrogen-bond acceptors (Lipinski definition) is 5. The van der Waals surface area contributed by atoms with Crippen molar-refractivity contribution >= 4 is 6.29 Å². The first-order chi connectivity index (χ1) is 9.38. The molecule has 0 atom stereocenters. The average Bonchev–Trinajstić information content (AvgIpc) is 2.93. The summed E-state index contributed by atoms with van der Waals surface area (Å²) >= 11 is 0. The normalized spacial score (nSPS) is 10.3. The second kappa shape index (κ2) is 4.77. The summed E-state index contributed by atoms with van der Waals surface area (Å²) in [6, 6.07) is 5.36. The van der Waals surface area contributed by atoms with Gasteiger partial charge in [-0.15, -0.1) is 0 Å². The number of pyridine rings is 1. The Kier molecular flexibility index (Phi) is 2.82. The van der Waals surface area contributed by atoms with Crippen molar-refractivity contribution in [3.05, 3.63) is 54.7 Å². The molecular weight excluding hydrogens is 242 g/mol. The first-order valence-corrected chi connectivity index (χ1v) is 5.61. The standard InChI is InChI=1S/C13H9N5O/c19-9-11-8-18(13-15-5-2-6-16-13)17-12(11)10-3-1-4-14-7-10/h1-9H. The van der Waals surface area contributed by atoms with Crippen molar-refractivity contribution in [3.8, 4) is 17.2 Å². The Labute approximate surface area is 108 Å². The summed E-state index contributed by atoms with van der Waals surface area (Å²) in [5, 5.41) is 4.34. The lowest BCUT2D eigenvalue weighted by atomic mass is 10.1. The minimum absolute atomic E-state index is 0.417. The van der Waals surface area contributed by atoms with Crippen LogP contribution in [0.25, 0.3) is 17.2 Å².